The normalized spacial score (nSPS) is 15.0. The van der Waals surface area contributed by atoms with Crippen molar-refractivity contribution in [1.29, 1.82) is 0 Å². The molecule has 0 aliphatic carbocycles. The van der Waals surface area contributed by atoms with Crippen LogP contribution in [-0.4, -0.2) is 37.6 Å². The summed E-state index contributed by atoms with van der Waals surface area (Å²) in [4.78, 5) is 0. The first-order valence-electron chi connectivity index (χ1n) is 6.85. The molecule has 0 amide bonds. The number of alkyl halides is 3. The van der Waals surface area contributed by atoms with Gasteiger partial charge < -0.3 is 15.6 Å². The largest absolute Gasteiger partial charge is 0.411 e. The number of hydrogen-bond acceptors (Lipinski definition) is 3. The van der Waals surface area contributed by atoms with Gasteiger partial charge in [0, 0.05) is 18.6 Å². The fourth-order valence-corrected chi connectivity index (χ4v) is 2.27. The zero-order valence-corrected chi connectivity index (χ0v) is 12.1. The first-order chi connectivity index (χ1) is 9.83. The van der Waals surface area contributed by atoms with E-state index in [2.05, 4.69) is 4.74 Å². The minimum absolute atomic E-state index is 0.00687. The highest BCUT2D eigenvalue weighted by Gasteiger charge is 2.30. The van der Waals surface area contributed by atoms with E-state index in [0.29, 0.717) is 12.8 Å². The van der Waals surface area contributed by atoms with Crippen LogP contribution in [0.1, 0.15) is 24.0 Å². The predicted octanol–water partition coefficient (Wildman–Crippen LogP) is 2.54. The van der Waals surface area contributed by atoms with Gasteiger partial charge in [-0.15, -0.1) is 0 Å². The Kier molecular flexibility index (Phi) is 6.64. The molecule has 0 radical (unpaired) electrons. The van der Waals surface area contributed by atoms with E-state index < -0.39 is 18.2 Å². The number of halogens is 3. The third kappa shape index (κ3) is 5.65. The lowest BCUT2D eigenvalue weighted by Crippen LogP contribution is -2.39. The molecule has 1 aromatic rings. The Morgan fingerprint density at radius 1 is 1.29 bits per heavy atom. The van der Waals surface area contributed by atoms with Crippen molar-refractivity contribution in [2.75, 3.05) is 26.4 Å². The predicted molar refractivity (Wildman–Crippen MR) is 75.1 cm³/mol. The highest BCUT2D eigenvalue weighted by atomic mass is 19.4. The van der Waals surface area contributed by atoms with E-state index in [0.717, 1.165) is 11.1 Å². The van der Waals surface area contributed by atoms with Crippen LogP contribution >= 0.6 is 0 Å². The highest BCUT2D eigenvalue weighted by Crippen LogP contribution is 2.29. The third-order valence-corrected chi connectivity index (χ3v) is 3.53. The summed E-state index contributed by atoms with van der Waals surface area (Å²) in [6.45, 7) is 0.770. The summed E-state index contributed by atoms with van der Waals surface area (Å²) in [6.07, 6.45) is -3.43. The van der Waals surface area contributed by atoms with Gasteiger partial charge in [-0.05, 0) is 25.3 Å². The van der Waals surface area contributed by atoms with E-state index in [1.807, 2.05) is 31.2 Å². The van der Waals surface area contributed by atoms with E-state index in [1.165, 1.54) is 0 Å². The lowest BCUT2D eigenvalue weighted by atomic mass is 9.77. The second-order valence-corrected chi connectivity index (χ2v) is 5.28. The van der Waals surface area contributed by atoms with E-state index >= 15 is 0 Å². The molecular weight excluding hydrogens is 283 g/mol. The van der Waals surface area contributed by atoms with E-state index in [-0.39, 0.29) is 19.8 Å². The molecule has 3 N–H and O–H groups in total. The van der Waals surface area contributed by atoms with Gasteiger partial charge in [0.1, 0.15) is 6.61 Å². The van der Waals surface area contributed by atoms with Crippen LogP contribution in [0.5, 0.6) is 0 Å². The van der Waals surface area contributed by atoms with E-state index in [4.69, 9.17) is 5.73 Å². The van der Waals surface area contributed by atoms with Crippen LogP contribution in [0.15, 0.2) is 24.3 Å². The summed E-state index contributed by atoms with van der Waals surface area (Å²) >= 11 is 0. The molecule has 1 aromatic carbocycles. The van der Waals surface area contributed by atoms with Crippen LogP contribution < -0.4 is 5.73 Å². The minimum Gasteiger partial charge on any atom is -0.395 e. The van der Waals surface area contributed by atoms with Crippen molar-refractivity contribution in [3.63, 3.8) is 0 Å². The smallest absolute Gasteiger partial charge is 0.395 e. The van der Waals surface area contributed by atoms with Gasteiger partial charge in [-0.3, -0.25) is 0 Å². The summed E-state index contributed by atoms with van der Waals surface area (Å²) < 4.78 is 40.5. The molecule has 21 heavy (non-hydrogen) atoms. The molecule has 6 heteroatoms. The Hall–Kier alpha value is -1.11. The molecule has 0 aromatic heterocycles. The summed E-state index contributed by atoms with van der Waals surface area (Å²) in [6, 6.07) is 7.64. The van der Waals surface area contributed by atoms with Gasteiger partial charge in [0.05, 0.1) is 6.61 Å². The fourth-order valence-electron chi connectivity index (χ4n) is 2.27. The Labute approximate surface area is 122 Å². The number of hydrogen-bond donors (Lipinski definition) is 2. The summed E-state index contributed by atoms with van der Waals surface area (Å²) in [5.74, 6) is 0. The van der Waals surface area contributed by atoms with Crippen molar-refractivity contribution in [3.8, 4) is 0 Å². The number of nitrogens with two attached hydrogens (primary N) is 1. The molecule has 0 saturated carbocycles. The second kappa shape index (κ2) is 7.77. The van der Waals surface area contributed by atoms with Gasteiger partial charge in [0.2, 0.25) is 0 Å². The standard InChI is InChI=1S/C15H22F3NO2/c1-12-4-2-5-13(8-12)14(9-19,10-20)6-3-7-21-11-15(16,17)18/h2,4-5,8,20H,3,6-7,9-11,19H2,1H3. The number of aliphatic hydroxyl groups excluding tert-OH is 1. The molecule has 1 rings (SSSR count). The van der Waals surface area contributed by atoms with Gasteiger partial charge in [-0.2, -0.15) is 13.2 Å². The Bertz CT molecular complexity index is 431. The minimum atomic E-state index is -4.31. The van der Waals surface area contributed by atoms with Gasteiger partial charge in [-0.1, -0.05) is 29.8 Å². The second-order valence-electron chi connectivity index (χ2n) is 5.28. The lowest BCUT2D eigenvalue weighted by Gasteiger charge is -2.31. The molecule has 0 aliphatic heterocycles. The maximum absolute atomic E-state index is 12.0. The monoisotopic (exact) mass is 305 g/mol. The number of rotatable bonds is 8. The molecule has 0 fully saturated rings. The molecule has 120 valence electrons. The summed E-state index contributed by atoms with van der Waals surface area (Å²) in [5, 5.41) is 9.71. The maximum atomic E-state index is 12.0. The zero-order chi connectivity index (χ0) is 15.9. The molecular formula is C15H22F3NO2. The molecule has 1 unspecified atom stereocenters. The molecule has 0 bridgehead atoms. The summed E-state index contributed by atoms with van der Waals surface area (Å²) in [7, 11) is 0. The Balaban J connectivity index is 2.61. The van der Waals surface area contributed by atoms with E-state index in [9.17, 15) is 18.3 Å². The first-order valence-corrected chi connectivity index (χ1v) is 6.85. The van der Waals surface area contributed by atoms with Crippen LogP contribution in [0.4, 0.5) is 13.2 Å². The zero-order valence-electron chi connectivity index (χ0n) is 12.1. The molecule has 0 heterocycles. The fraction of sp³-hybridized carbons (Fsp3) is 0.600. The van der Waals surface area contributed by atoms with Crippen LogP contribution in [0, 0.1) is 6.92 Å². The van der Waals surface area contributed by atoms with Crippen molar-refractivity contribution in [2.45, 2.75) is 31.4 Å². The van der Waals surface area contributed by atoms with Crippen LogP contribution in [0.2, 0.25) is 0 Å². The van der Waals surface area contributed by atoms with E-state index in [1.54, 1.807) is 0 Å². The Morgan fingerprint density at radius 2 is 2.00 bits per heavy atom. The highest BCUT2D eigenvalue weighted by molar-refractivity contribution is 5.30. The van der Waals surface area contributed by atoms with Gasteiger partial charge in [0.15, 0.2) is 0 Å². The topological polar surface area (TPSA) is 55.5 Å². The number of benzene rings is 1. The van der Waals surface area contributed by atoms with Crippen LogP contribution in [-0.2, 0) is 10.2 Å². The number of aryl methyl sites for hydroxylation is 1. The Morgan fingerprint density at radius 3 is 2.52 bits per heavy atom. The molecule has 0 saturated heterocycles. The van der Waals surface area contributed by atoms with Crippen molar-refractivity contribution in [3.05, 3.63) is 35.4 Å². The average Bonchev–Trinajstić information content (AvgIpc) is 2.42. The van der Waals surface area contributed by atoms with Crippen molar-refractivity contribution in [1.82, 2.24) is 0 Å². The van der Waals surface area contributed by atoms with Crippen molar-refractivity contribution >= 4 is 0 Å². The molecule has 0 aliphatic rings. The van der Waals surface area contributed by atoms with Crippen molar-refractivity contribution < 1.29 is 23.0 Å². The SMILES string of the molecule is Cc1cccc(C(CN)(CO)CCCOCC(F)(F)F)c1. The van der Waals surface area contributed by atoms with Crippen LogP contribution in [0.3, 0.4) is 0 Å². The number of ether oxygens (including phenoxy) is 1. The lowest BCUT2D eigenvalue weighted by molar-refractivity contribution is -0.174. The first kappa shape index (κ1) is 17.9. The molecule has 0 spiro atoms. The molecule has 3 nitrogen and oxygen atoms in total. The maximum Gasteiger partial charge on any atom is 0.411 e. The van der Waals surface area contributed by atoms with Crippen molar-refractivity contribution in [2.24, 2.45) is 5.73 Å². The molecule has 1 atom stereocenters. The number of aliphatic hydroxyl groups is 1. The van der Waals surface area contributed by atoms with Gasteiger partial charge in [0.25, 0.3) is 0 Å². The average molecular weight is 305 g/mol. The summed E-state index contributed by atoms with van der Waals surface area (Å²) in [5.41, 5.74) is 7.13. The van der Waals surface area contributed by atoms with Gasteiger partial charge >= 0.3 is 6.18 Å². The van der Waals surface area contributed by atoms with Crippen LogP contribution in [0.25, 0.3) is 0 Å². The third-order valence-electron chi connectivity index (χ3n) is 3.53. The quantitative estimate of drug-likeness (QED) is 0.726. The van der Waals surface area contributed by atoms with Gasteiger partial charge in [-0.25, -0.2) is 0 Å².